The number of hydrogen-bond acceptors (Lipinski definition) is 5. The molecule has 1 saturated heterocycles. The van der Waals surface area contributed by atoms with Gasteiger partial charge < -0.3 is 20.4 Å². The van der Waals surface area contributed by atoms with Crippen LogP contribution in [0.2, 0.25) is 0 Å². The number of rotatable bonds is 4. The van der Waals surface area contributed by atoms with E-state index in [0.29, 0.717) is 31.6 Å². The van der Waals surface area contributed by atoms with Crippen LogP contribution in [0.25, 0.3) is 16.9 Å². The summed E-state index contributed by atoms with van der Waals surface area (Å²) >= 11 is 0. The fraction of sp³-hybridized carbons (Fsp3) is 0.417. The highest BCUT2D eigenvalue weighted by atomic mass is 16.4. The zero-order valence-corrected chi connectivity index (χ0v) is 19.0. The number of aromatic nitrogens is 3. The van der Waals surface area contributed by atoms with Crippen LogP contribution in [0.4, 0.5) is 4.79 Å². The molecule has 1 fully saturated rings. The number of carbonyl (C=O) groups is 2. The van der Waals surface area contributed by atoms with Crippen LogP contribution in [0.5, 0.6) is 5.88 Å². The third-order valence-electron chi connectivity index (χ3n) is 6.27. The van der Waals surface area contributed by atoms with E-state index in [1.54, 1.807) is 0 Å². The number of likely N-dealkylation sites (tertiary alicyclic amines) is 1. The van der Waals surface area contributed by atoms with Crippen molar-refractivity contribution in [2.24, 2.45) is 11.3 Å². The summed E-state index contributed by atoms with van der Waals surface area (Å²) in [7, 11) is 0. The Balaban J connectivity index is 1.50. The zero-order chi connectivity index (χ0) is 23.8. The van der Waals surface area contributed by atoms with Crippen molar-refractivity contribution in [2.45, 2.75) is 39.7 Å². The van der Waals surface area contributed by atoms with Gasteiger partial charge in [0.15, 0.2) is 5.65 Å². The number of amides is 2. The van der Waals surface area contributed by atoms with Gasteiger partial charge in [0.2, 0.25) is 5.88 Å². The van der Waals surface area contributed by atoms with E-state index in [0.717, 1.165) is 5.56 Å². The smallest absolute Gasteiger partial charge is 0.407 e. The molecular formula is C24H29N5O4. The molecule has 2 aromatic heterocycles. The summed E-state index contributed by atoms with van der Waals surface area (Å²) in [5, 5.41) is 27.0. The third-order valence-corrected chi connectivity index (χ3v) is 6.27. The van der Waals surface area contributed by atoms with Gasteiger partial charge >= 0.3 is 6.09 Å². The Kier molecular flexibility index (Phi) is 5.97. The molecule has 3 N–H and O–H groups in total. The normalized spacial score (nSPS) is 18.9. The van der Waals surface area contributed by atoms with Gasteiger partial charge in [-0.15, -0.1) is 0 Å². The number of nitrogens with zero attached hydrogens (tertiary/aromatic N) is 4. The van der Waals surface area contributed by atoms with E-state index in [2.05, 4.69) is 15.4 Å². The van der Waals surface area contributed by atoms with Crippen molar-refractivity contribution < 1.29 is 19.8 Å². The number of aromatic hydroxyl groups is 1. The molecule has 2 unspecified atom stereocenters. The van der Waals surface area contributed by atoms with Gasteiger partial charge in [-0.1, -0.05) is 51.1 Å². The first-order chi connectivity index (χ1) is 15.6. The Morgan fingerprint density at radius 1 is 1.21 bits per heavy atom. The maximum atomic E-state index is 13.0. The second kappa shape index (κ2) is 8.73. The second-order valence-corrected chi connectivity index (χ2v) is 9.62. The largest absolute Gasteiger partial charge is 0.493 e. The van der Waals surface area contributed by atoms with E-state index < -0.39 is 6.09 Å². The van der Waals surface area contributed by atoms with Crippen LogP contribution in [0.3, 0.4) is 0 Å². The lowest BCUT2D eigenvalue weighted by Gasteiger charge is -2.44. The molecule has 0 bridgehead atoms. The molecule has 4 rings (SSSR count). The SMILES string of the molecule is CC(C)(C)C1CC(CNC(=O)c2cnn3c(O)cc(-c4ccccc4)nc23)CCN1C(=O)O. The van der Waals surface area contributed by atoms with Gasteiger partial charge in [0.1, 0.15) is 5.56 Å². The number of hydrogen-bond donors (Lipinski definition) is 3. The van der Waals surface area contributed by atoms with Crippen molar-refractivity contribution >= 4 is 17.6 Å². The first-order valence-corrected chi connectivity index (χ1v) is 11.1. The molecule has 1 aliphatic rings. The molecule has 174 valence electrons. The summed E-state index contributed by atoms with van der Waals surface area (Å²) < 4.78 is 1.24. The van der Waals surface area contributed by atoms with E-state index in [9.17, 15) is 19.8 Å². The number of nitrogens with one attached hydrogen (secondary N) is 1. The monoisotopic (exact) mass is 451 g/mol. The van der Waals surface area contributed by atoms with Crippen LogP contribution in [-0.4, -0.2) is 60.8 Å². The molecule has 0 aliphatic carbocycles. The molecule has 2 amide bonds. The molecule has 1 aliphatic heterocycles. The van der Waals surface area contributed by atoms with E-state index in [4.69, 9.17) is 0 Å². The lowest BCUT2D eigenvalue weighted by atomic mass is 9.77. The first-order valence-electron chi connectivity index (χ1n) is 11.1. The van der Waals surface area contributed by atoms with Gasteiger partial charge in [-0.2, -0.15) is 9.61 Å². The standard InChI is InChI=1S/C24H29N5O4/c1-24(2,3)19-11-15(9-10-28(19)23(32)33)13-25-22(31)17-14-26-29-20(30)12-18(27-21(17)29)16-7-5-4-6-8-16/h4-8,12,14-15,19,30H,9-11,13H2,1-3H3,(H,25,31)(H,32,33). The maximum absolute atomic E-state index is 13.0. The maximum Gasteiger partial charge on any atom is 0.407 e. The van der Waals surface area contributed by atoms with Gasteiger partial charge in [0.25, 0.3) is 5.91 Å². The van der Waals surface area contributed by atoms with Crippen molar-refractivity contribution in [1.82, 2.24) is 24.8 Å². The molecule has 9 heteroatoms. The summed E-state index contributed by atoms with van der Waals surface area (Å²) in [6, 6.07) is 10.8. The number of carboxylic acid groups (broad SMARTS) is 1. The van der Waals surface area contributed by atoms with Gasteiger partial charge in [-0.25, -0.2) is 9.78 Å². The van der Waals surface area contributed by atoms with Crippen molar-refractivity contribution in [2.75, 3.05) is 13.1 Å². The van der Waals surface area contributed by atoms with Crippen LogP contribution in [-0.2, 0) is 0 Å². The second-order valence-electron chi connectivity index (χ2n) is 9.62. The Morgan fingerprint density at radius 2 is 1.94 bits per heavy atom. The van der Waals surface area contributed by atoms with E-state index in [1.807, 2.05) is 51.1 Å². The van der Waals surface area contributed by atoms with Crippen molar-refractivity contribution in [3.05, 3.63) is 48.2 Å². The first kappa shape index (κ1) is 22.6. The molecule has 0 radical (unpaired) electrons. The highest BCUT2D eigenvalue weighted by molar-refractivity contribution is 6.00. The summed E-state index contributed by atoms with van der Waals surface area (Å²) in [6.45, 7) is 6.99. The Bertz CT molecular complexity index is 1170. The van der Waals surface area contributed by atoms with Crippen LogP contribution in [0, 0.1) is 11.3 Å². The average Bonchev–Trinajstić information content (AvgIpc) is 3.22. The molecule has 0 spiro atoms. The topological polar surface area (TPSA) is 120 Å². The highest BCUT2D eigenvalue weighted by Crippen LogP contribution is 2.34. The molecular weight excluding hydrogens is 422 g/mol. The van der Waals surface area contributed by atoms with Crippen LogP contribution in [0.1, 0.15) is 44.0 Å². The van der Waals surface area contributed by atoms with Gasteiger partial charge in [0, 0.05) is 30.8 Å². The summed E-state index contributed by atoms with van der Waals surface area (Å²) in [5.74, 6) is -0.265. The van der Waals surface area contributed by atoms with E-state index >= 15 is 0 Å². The lowest BCUT2D eigenvalue weighted by molar-refractivity contribution is 0.0402. The summed E-state index contributed by atoms with van der Waals surface area (Å²) in [5.41, 5.74) is 1.72. The summed E-state index contributed by atoms with van der Waals surface area (Å²) in [6.07, 6.45) is 1.87. The lowest BCUT2D eigenvalue weighted by Crippen LogP contribution is -2.52. The molecule has 9 nitrogen and oxygen atoms in total. The molecule has 3 aromatic rings. The third kappa shape index (κ3) is 4.62. The molecule has 3 heterocycles. The Labute approximate surface area is 192 Å². The van der Waals surface area contributed by atoms with Crippen molar-refractivity contribution in [3.63, 3.8) is 0 Å². The number of fused-ring (bicyclic) bond motifs is 1. The van der Waals surface area contributed by atoms with Gasteiger partial charge in [-0.3, -0.25) is 4.79 Å². The van der Waals surface area contributed by atoms with Crippen molar-refractivity contribution in [1.29, 1.82) is 0 Å². The fourth-order valence-corrected chi connectivity index (χ4v) is 4.47. The number of benzene rings is 1. The highest BCUT2D eigenvalue weighted by Gasteiger charge is 2.38. The predicted octanol–water partition coefficient (Wildman–Crippen LogP) is 3.64. The Hall–Kier alpha value is -3.62. The molecule has 2 atom stereocenters. The predicted molar refractivity (Wildman–Crippen MR) is 123 cm³/mol. The minimum Gasteiger partial charge on any atom is -0.493 e. The molecule has 33 heavy (non-hydrogen) atoms. The van der Waals surface area contributed by atoms with Gasteiger partial charge in [0.05, 0.1) is 11.9 Å². The number of piperidine rings is 1. The van der Waals surface area contributed by atoms with Crippen molar-refractivity contribution in [3.8, 4) is 17.1 Å². The average molecular weight is 452 g/mol. The minimum absolute atomic E-state index is 0.105. The van der Waals surface area contributed by atoms with E-state index in [1.165, 1.54) is 21.7 Å². The van der Waals surface area contributed by atoms with Crippen LogP contribution in [0.15, 0.2) is 42.6 Å². The fourth-order valence-electron chi connectivity index (χ4n) is 4.47. The van der Waals surface area contributed by atoms with Crippen LogP contribution >= 0.6 is 0 Å². The molecule has 1 aromatic carbocycles. The van der Waals surface area contributed by atoms with Crippen LogP contribution < -0.4 is 5.32 Å². The molecule has 0 saturated carbocycles. The van der Waals surface area contributed by atoms with Gasteiger partial charge in [-0.05, 0) is 24.2 Å². The number of carbonyl (C=O) groups excluding carboxylic acids is 1. The van der Waals surface area contributed by atoms with E-state index in [-0.39, 0.29) is 40.4 Å². The zero-order valence-electron chi connectivity index (χ0n) is 19.0. The quantitative estimate of drug-likeness (QED) is 0.557. The summed E-state index contributed by atoms with van der Waals surface area (Å²) in [4.78, 5) is 30.7. The minimum atomic E-state index is -0.899. The Morgan fingerprint density at radius 3 is 2.61 bits per heavy atom.